The van der Waals surface area contributed by atoms with Crippen molar-refractivity contribution in [3.05, 3.63) is 12.2 Å². The normalized spacial score (nSPS) is 30.2. The van der Waals surface area contributed by atoms with Gasteiger partial charge in [0.15, 0.2) is 0 Å². The summed E-state index contributed by atoms with van der Waals surface area (Å²) in [5.41, 5.74) is 0.336. The van der Waals surface area contributed by atoms with Crippen LogP contribution in [0.15, 0.2) is 12.2 Å². The third kappa shape index (κ3) is 2.43. The number of carbonyl (C=O) groups excluding carboxylic acids is 2. The molecule has 3 nitrogen and oxygen atoms in total. The first-order chi connectivity index (χ1) is 7.89. The van der Waals surface area contributed by atoms with E-state index in [-0.39, 0.29) is 17.9 Å². The monoisotopic (exact) mass is 235 g/mol. The Morgan fingerprint density at radius 1 is 1.00 bits per heavy atom. The molecule has 0 saturated heterocycles. The predicted molar refractivity (Wildman–Crippen MR) is 66.2 cm³/mol. The smallest absolute Gasteiger partial charge is 0.253 e. The van der Waals surface area contributed by atoms with Crippen LogP contribution in [0.2, 0.25) is 0 Å². The highest BCUT2D eigenvalue weighted by atomic mass is 16.2. The Labute approximate surface area is 103 Å². The van der Waals surface area contributed by atoms with Crippen molar-refractivity contribution in [1.29, 1.82) is 0 Å². The second-order valence-corrected chi connectivity index (χ2v) is 6.25. The van der Waals surface area contributed by atoms with Gasteiger partial charge in [0.1, 0.15) is 0 Å². The van der Waals surface area contributed by atoms with E-state index in [1.165, 1.54) is 17.1 Å². The van der Waals surface area contributed by atoms with Crippen LogP contribution < -0.4 is 0 Å². The Bertz CT molecular complexity index is 339. The SMILES string of the molecule is CC(C)(C)C1CCC(N2C(=O)C=CC2=O)CC1. The molecule has 0 aromatic rings. The average molecular weight is 235 g/mol. The summed E-state index contributed by atoms with van der Waals surface area (Å²) in [6, 6.07) is 0.128. The van der Waals surface area contributed by atoms with Crippen molar-refractivity contribution in [3.63, 3.8) is 0 Å². The van der Waals surface area contributed by atoms with Crippen molar-refractivity contribution in [2.24, 2.45) is 11.3 Å². The number of hydrogen-bond acceptors (Lipinski definition) is 2. The van der Waals surface area contributed by atoms with Crippen LogP contribution in [0.25, 0.3) is 0 Å². The van der Waals surface area contributed by atoms with Gasteiger partial charge < -0.3 is 0 Å². The van der Waals surface area contributed by atoms with E-state index in [9.17, 15) is 9.59 Å². The quantitative estimate of drug-likeness (QED) is 0.655. The van der Waals surface area contributed by atoms with Crippen molar-refractivity contribution in [2.75, 3.05) is 0 Å². The molecule has 0 N–H and O–H groups in total. The van der Waals surface area contributed by atoms with Crippen LogP contribution in [0.1, 0.15) is 46.5 Å². The standard InChI is InChI=1S/C14H21NO2/c1-14(2,3)10-4-6-11(7-5-10)15-12(16)8-9-13(15)17/h8-11H,4-7H2,1-3H3. The maximum absolute atomic E-state index is 11.6. The summed E-state index contributed by atoms with van der Waals surface area (Å²) >= 11 is 0. The zero-order valence-corrected chi connectivity index (χ0v) is 10.9. The Balaban J connectivity index is 1.96. The lowest BCUT2D eigenvalue weighted by atomic mass is 9.71. The number of carbonyl (C=O) groups is 2. The van der Waals surface area contributed by atoms with Gasteiger partial charge in [-0.3, -0.25) is 14.5 Å². The fourth-order valence-electron chi connectivity index (χ4n) is 2.97. The van der Waals surface area contributed by atoms with Crippen LogP contribution in [0.4, 0.5) is 0 Å². The highest BCUT2D eigenvalue weighted by molar-refractivity contribution is 6.13. The summed E-state index contributed by atoms with van der Waals surface area (Å²) in [4.78, 5) is 24.6. The molecule has 2 amide bonds. The molecule has 0 spiro atoms. The van der Waals surface area contributed by atoms with E-state index in [2.05, 4.69) is 20.8 Å². The zero-order chi connectivity index (χ0) is 12.6. The minimum atomic E-state index is -0.130. The van der Waals surface area contributed by atoms with Crippen molar-refractivity contribution in [3.8, 4) is 0 Å². The van der Waals surface area contributed by atoms with Crippen LogP contribution in [-0.4, -0.2) is 22.8 Å². The van der Waals surface area contributed by atoms with E-state index >= 15 is 0 Å². The highest BCUT2D eigenvalue weighted by Gasteiger charge is 2.36. The van der Waals surface area contributed by atoms with Gasteiger partial charge in [0, 0.05) is 18.2 Å². The molecule has 1 heterocycles. The molecule has 1 aliphatic heterocycles. The van der Waals surface area contributed by atoms with Crippen molar-refractivity contribution >= 4 is 11.8 Å². The van der Waals surface area contributed by atoms with Gasteiger partial charge >= 0.3 is 0 Å². The van der Waals surface area contributed by atoms with Crippen LogP contribution in [0.5, 0.6) is 0 Å². The van der Waals surface area contributed by atoms with Gasteiger partial charge in [-0.1, -0.05) is 20.8 Å². The topological polar surface area (TPSA) is 37.4 Å². The summed E-state index contributed by atoms with van der Waals surface area (Å²) in [5.74, 6) is 0.447. The third-order valence-corrected chi connectivity index (χ3v) is 4.13. The number of amides is 2. The van der Waals surface area contributed by atoms with E-state index in [0.29, 0.717) is 11.3 Å². The van der Waals surface area contributed by atoms with Gasteiger partial charge in [-0.05, 0) is 37.0 Å². The Morgan fingerprint density at radius 2 is 1.47 bits per heavy atom. The van der Waals surface area contributed by atoms with Gasteiger partial charge in [-0.15, -0.1) is 0 Å². The molecule has 0 aromatic carbocycles. The molecule has 1 saturated carbocycles. The van der Waals surface area contributed by atoms with Crippen LogP contribution in [-0.2, 0) is 9.59 Å². The first-order valence-electron chi connectivity index (χ1n) is 6.45. The molecule has 2 aliphatic rings. The first kappa shape index (κ1) is 12.3. The van der Waals surface area contributed by atoms with Gasteiger partial charge in [0.25, 0.3) is 11.8 Å². The van der Waals surface area contributed by atoms with Crippen LogP contribution in [0, 0.1) is 11.3 Å². The molecule has 0 radical (unpaired) electrons. The molecule has 2 rings (SSSR count). The van der Waals surface area contributed by atoms with Gasteiger partial charge in [0.05, 0.1) is 0 Å². The second kappa shape index (κ2) is 4.28. The Morgan fingerprint density at radius 3 is 1.88 bits per heavy atom. The number of hydrogen-bond donors (Lipinski definition) is 0. The molecule has 1 aliphatic carbocycles. The number of nitrogens with zero attached hydrogens (tertiary/aromatic N) is 1. The van der Waals surface area contributed by atoms with Gasteiger partial charge in [0.2, 0.25) is 0 Å². The Hall–Kier alpha value is -1.12. The summed E-state index contributed by atoms with van der Waals surface area (Å²) in [6.07, 6.45) is 6.93. The summed E-state index contributed by atoms with van der Waals surface area (Å²) < 4.78 is 0. The zero-order valence-electron chi connectivity index (χ0n) is 10.9. The minimum absolute atomic E-state index is 0.128. The lowest BCUT2D eigenvalue weighted by molar-refractivity contribution is -0.140. The fraction of sp³-hybridized carbons (Fsp3) is 0.714. The summed E-state index contributed by atoms with van der Waals surface area (Å²) in [5, 5.41) is 0. The molecule has 0 bridgehead atoms. The van der Waals surface area contributed by atoms with Crippen LogP contribution in [0.3, 0.4) is 0 Å². The molecule has 0 atom stereocenters. The maximum atomic E-state index is 11.6. The highest BCUT2D eigenvalue weighted by Crippen LogP contribution is 2.39. The average Bonchev–Trinajstić information content (AvgIpc) is 2.58. The lowest BCUT2D eigenvalue weighted by Crippen LogP contribution is -2.43. The van der Waals surface area contributed by atoms with Crippen molar-refractivity contribution in [2.45, 2.75) is 52.5 Å². The fourth-order valence-corrected chi connectivity index (χ4v) is 2.97. The van der Waals surface area contributed by atoms with Crippen molar-refractivity contribution < 1.29 is 9.59 Å². The van der Waals surface area contributed by atoms with Gasteiger partial charge in [-0.2, -0.15) is 0 Å². The van der Waals surface area contributed by atoms with E-state index in [4.69, 9.17) is 0 Å². The predicted octanol–water partition coefficient (Wildman–Crippen LogP) is 2.52. The second-order valence-electron chi connectivity index (χ2n) is 6.25. The van der Waals surface area contributed by atoms with Gasteiger partial charge in [-0.25, -0.2) is 0 Å². The maximum Gasteiger partial charge on any atom is 0.253 e. The molecule has 0 aromatic heterocycles. The van der Waals surface area contributed by atoms with Crippen LogP contribution >= 0.6 is 0 Å². The molecular formula is C14H21NO2. The summed E-state index contributed by atoms with van der Waals surface area (Å²) in [7, 11) is 0. The molecular weight excluding hydrogens is 214 g/mol. The first-order valence-corrected chi connectivity index (χ1v) is 6.45. The third-order valence-electron chi connectivity index (χ3n) is 4.13. The van der Waals surface area contributed by atoms with Crippen molar-refractivity contribution in [1.82, 2.24) is 4.90 Å². The number of rotatable bonds is 1. The lowest BCUT2D eigenvalue weighted by Gasteiger charge is -2.39. The molecule has 94 valence electrons. The molecule has 1 fully saturated rings. The van der Waals surface area contributed by atoms with E-state index in [1.54, 1.807) is 0 Å². The molecule has 0 unspecified atom stereocenters. The largest absolute Gasteiger partial charge is 0.272 e. The summed E-state index contributed by atoms with van der Waals surface area (Å²) in [6.45, 7) is 6.81. The molecule has 17 heavy (non-hydrogen) atoms. The molecule has 3 heteroatoms. The van der Waals surface area contributed by atoms with E-state index < -0.39 is 0 Å². The number of imide groups is 1. The minimum Gasteiger partial charge on any atom is -0.272 e. The van der Waals surface area contributed by atoms with E-state index in [0.717, 1.165) is 25.7 Å². The van der Waals surface area contributed by atoms with E-state index in [1.807, 2.05) is 0 Å². The Kier molecular flexibility index (Phi) is 3.11.